The number of nitrogens with zero attached hydrogens (tertiary/aromatic N) is 1. The van der Waals surface area contributed by atoms with Crippen LogP contribution in [0.15, 0.2) is 42.5 Å². The SMILES string of the molecule is Cc1cccc(CNC(=O)CCCN(c2cc(Cl)ccc2C)S(C)(=O)=O)c1. The van der Waals surface area contributed by atoms with Gasteiger partial charge in [0.1, 0.15) is 0 Å². The fraction of sp³-hybridized carbons (Fsp3) is 0.350. The molecule has 0 spiro atoms. The summed E-state index contributed by atoms with van der Waals surface area (Å²) in [6, 6.07) is 13.1. The third-order valence-corrected chi connectivity index (χ3v) is 5.59. The molecule has 0 aliphatic heterocycles. The molecule has 2 aromatic carbocycles. The van der Waals surface area contributed by atoms with Crippen molar-refractivity contribution in [1.29, 1.82) is 0 Å². The van der Waals surface area contributed by atoms with Crippen molar-refractivity contribution in [2.24, 2.45) is 0 Å². The minimum atomic E-state index is -3.47. The topological polar surface area (TPSA) is 66.5 Å². The van der Waals surface area contributed by atoms with Gasteiger partial charge in [-0.05, 0) is 43.5 Å². The number of hydrogen-bond donors (Lipinski definition) is 1. The van der Waals surface area contributed by atoms with Gasteiger partial charge in [0.25, 0.3) is 0 Å². The van der Waals surface area contributed by atoms with E-state index in [0.717, 1.165) is 22.9 Å². The van der Waals surface area contributed by atoms with Crippen molar-refractivity contribution in [1.82, 2.24) is 5.32 Å². The molecular weight excluding hydrogens is 384 g/mol. The van der Waals surface area contributed by atoms with Crippen molar-refractivity contribution in [2.45, 2.75) is 33.2 Å². The molecule has 0 aromatic heterocycles. The highest BCUT2D eigenvalue weighted by molar-refractivity contribution is 7.92. The fourth-order valence-corrected chi connectivity index (χ4v) is 3.99. The third kappa shape index (κ3) is 6.56. The number of anilines is 1. The predicted octanol–water partition coefficient (Wildman–Crippen LogP) is 3.82. The average Bonchev–Trinajstić information content (AvgIpc) is 2.58. The average molecular weight is 409 g/mol. The van der Waals surface area contributed by atoms with E-state index >= 15 is 0 Å². The van der Waals surface area contributed by atoms with Crippen LogP contribution < -0.4 is 9.62 Å². The first-order chi connectivity index (χ1) is 12.7. The number of hydrogen-bond acceptors (Lipinski definition) is 3. The van der Waals surface area contributed by atoms with Crippen LogP contribution in [0.4, 0.5) is 5.69 Å². The molecule has 0 saturated carbocycles. The molecule has 0 aliphatic carbocycles. The van der Waals surface area contributed by atoms with E-state index < -0.39 is 10.0 Å². The number of benzene rings is 2. The van der Waals surface area contributed by atoms with Crippen LogP contribution in [0.2, 0.25) is 5.02 Å². The minimum absolute atomic E-state index is 0.104. The largest absolute Gasteiger partial charge is 0.352 e. The molecule has 146 valence electrons. The summed E-state index contributed by atoms with van der Waals surface area (Å²) in [6.07, 6.45) is 1.82. The van der Waals surface area contributed by atoms with Crippen molar-refractivity contribution in [2.75, 3.05) is 17.1 Å². The van der Waals surface area contributed by atoms with Crippen LogP contribution in [0.1, 0.15) is 29.5 Å². The Balaban J connectivity index is 1.94. The van der Waals surface area contributed by atoms with Crippen LogP contribution in [-0.2, 0) is 21.4 Å². The van der Waals surface area contributed by atoms with Crippen LogP contribution in [-0.4, -0.2) is 27.1 Å². The molecule has 0 unspecified atom stereocenters. The van der Waals surface area contributed by atoms with Gasteiger partial charge in [0, 0.05) is 24.5 Å². The molecule has 1 amide bonds. The molecule has 0 aliphatic rings. The molecule has 5 nitrogen and oxygen atoms in total. The monoisotopic (exact) mass is 408 g/mol. The lowest BCUT2D eigenvalue weighted by molar-refractivity contribution is -0.121. The fourth-order valence-electron chi connectivity index (χ4n) is 2.81. The number of rotatable bonds is 8. The summed E-state index contributed by atoms with van der Waals surface area (Å²) in [7, 11) is -3.47. The Morgan fingerprint density at radius 3 is 2.56 bits per heavy atom. The summed E-state index contributed by atoms with van der Waals surface area (Å²) < 4.78 is 25.7. The van der Waals surface area contributed by atoms with Crippen LogP contribution in [0.5, 0.6) is 0 Å². The Labute approximate surface area is 166 Å². The summed E-state index contributed by atoms with van der Waals surface area (Å²) in [5.74, 6) is -0.104. The smallest absolute Gasteiger partial charge is 0.232 e. The van der Waals surface area contributed by atoms with Gasteiger partial charge < -0.3 is 5.32 Å². The van der Waals surface area contributed by atoms with E-state index in [1.54, 1.807) is 18.2 Å². The van der Waals surface area contributed by atoms with Gasteiger partial charge in [0.05, 0.1) is 11.9 Å². The Morgan fingerprint density at radius 2 is 1.89 bits per heavy atom. The standard InChI is InChI=1S/C20H25ClN2O3S/c1-15-6-4-7-17(12-15)14-22-20(24)8-5-11-23(27(3,25)26)19-13-18(21)10-9-16(19)2/h4,6-7,9-10,12-13H,5,8,11,14H2,1-3H3,(H,22,24). The predicted molar refractivity (Wildman–Crippen MR) is 111 cm³/mol. The summed E-state index contributed by atoms with van der Waals surface area (Å²) in [5, 5.41) is 3.34. The lowest BCUT2D eigenvalue weighted by Crippen LogP contribution is -2.32. The quantitative estimate of drug-likeness (QED) is 0.722. The van der Waals surface area contributed by atoms with Gasteiger partial charge in [0.15, 0.2) is 0 Å². The molecule has 0 bridgehead atoms. The van der Waals surface area contributed by atoms with Crippen LogP contribution in [0.25, 0.3) is 0 Å². The van der Waals surface area contributed by atoms with Gasteiger partial charge >= 0.3 is 0 Å². The molecule has 0 saturated heterocycles. The maximum atomic E-state index is 12.2. The number of nitrogens with one attached hydrogen (secondary N) is 1. The first-order valence-electron chi connectivity index (χ1n) is 8.73. The van der Waals surface area contributed by atoms with Gasteiger partial charge in [-0.15, -0.1) is 0 Å². The van der Waals surface area contributed by atoms with Crippen LogP contribution >= 0.6 is 11.6 Å². The number of carbonyl (C=O) groups is 1. The first-order valence-corrected chi connectivity index (χ1v) is 11.0. The van der Waals surface area contributed by atoms with E-state index in [2.05, 4.69) is 5.32 Å². The first kappa shape index (κ1) is 21.3. The minimum Gasteiger partial charge on any atom is -0.352 e. The number of amides is 1. The molecule has 2 aromatic rings. The van der Waals surface area contributed by atoms with Crippen molar-refractivity contribution >= 4 is 33.2 Å². The molecular formula is C20H25ClN2O3S. The normalized spacial score (nSPS) is 11.3. The maximum Gasteiger partial charge on any atom is 0.232 e. The van der Waals surface area contributed by atoms with Gasteiger partial charge in [-0.1, -0.05) is 47.5 Å². The van der Waals surface area contributed by atoms with Crippen molar-refractivity contribution in [3.8, 4) is 0 Å². The molecule has 0 heterocycles. The summed E-state index contributed by atoms with van der Waals surface area (Å²) in [5.41, 5.74) is 3.54. The van der Waals surface area contributed by atoms with Crippen LogP contribution in [0.3, 0.4) is 0 Å². The summed E-state index contributed by atoms with van der Waals surface area (Å²) >= 11 is 6.02. The summed E-state index contributed by atoms with van der Waals surface area (Å²) in [6.45, 7) is 4.52. The molecule has 1 N–H and O–H groups in total. The Morgan fingerprint density at radius 1 is 1.15 bits per heavy atom. The van der Waals surface area contributed by atoms with Crippen molar-refractivity contribution in [3.63, 3.8) is 0 Å². The Bertz CT molecular complexity index is 913. The zero-order valence-electron chi connectivity index (χ0n) is 15.8. The van der Waals surface area contributed by atoms with E-state index in [-0.39, 0.29) is 18.9 Å². The molecule has 2 rings (SSSR count). The highest BCUT2D eigenvalue weighted by atomic mass is 35.5. The van der Waals surface area contributed by atoms with Gasteiger partial charge in [0.2, 0.25) is 15.9 Å². The van der Waals surface area contributed by atoms with Gasteiger partial charge in [-0.3, -0.25) is 9.10 Å². The van der Waals surface area contributed by atoms with Gasteiger partial charge in [-0.25, -0.2) is 8.42 Å². The third-order valence-electron chi connectivity index (χ3n) is 4.18. The Hall–Kier alpha value is -2.05. The number of sulfonamides is 1. The lowest BCUT2D eigenvalue weighted by atomic mass is 10.1. The summed E-state index contributed by atoms with van der Waals surface area (Å²) in [4.78, 5) is 12.1. The molecule has 0 radical (unpaired) electrons. The lowest BCUT2D eigenvalue weighted by Gasteiger charge is -2.24. The van der Waals surface area contributed by atoms with E-state index in [9.17, 15) is 13.2 Å². The van der Waals surface area contributed by atoms with E-state index in [1.807, 2.05) is 38.1 Å². The van der Waals surface area contributed by atoms with Crippen LogP contribution in [0, 0.1) is 13.8 Å². The number of halogens is 1. The second-order valence-corrected chi connectivity index (χ2v) is 8.98. The maximum absolute atomic E-state index is 12.2. The molecule has 0 fully saturated rings. The zero-order chi connectivity index (χ0) is 20.0. The molecule has 0 atom stereocenters. The Kier molecular flexibility index (Phi) is 7.27. The van der Waals surface area contributed by atoms with E-state index in [1.165, 1.54) is 4.31 Å². The van der Waals surface area contributed by atoms with Crippen molar-refractivity contribution in [3.05, 3.63) is 64.2 Å². The molecule has 7 heteroatoms. The number of carbonyl (C=O) groups excluding carboxylic acids is 1. The van der Waals surface area contributed by atoms with Gasteiger partial charge in [-0.2, -0.15) is 0 Å². The zero-order valence-corrected chi connectivity index (χ0v) is 17.4. The second kappa shape index (κ2) is 9.24. The highest BCUT2D eigenvalue weighted by Crippen LogP contribution is 2.26. The highest BCUT2D eigenvalue weighted by Gasteiger charge is 2.19. The second-order valence-electron chi connectivity index (χ2n) is 6.64. The van der Waals surface area contributed by atoms with E-state index in [4.69, 9.17) is 11.6 Å². The van der Waals surface area contributed by atoms with Crippen molar-refractivity contribution < 1.29 is 13.2 Å². The molecule has 27 heavy (non-hydrogen) atoms. The van der Waals surface area contributed by atoms with E-state index in [0.29, 0.717) is 23.7 Å². The number of aryl methyl sites for hydroxylation is 2.